The van der Waals surface area contributed by atoms with Gasteiger partial charge in [0.25, 0.3) is 0 Å². The molecule has 1 N–H and O–H groups in total. The molecule has 88 valence electrons. The average molecular weight is 223 g/mol. The van der Waals surface area contributed by atoms with Crippen molar-refractivity contribution in [3.63, 3.8) is 0 Å². The Kier molecular flexibility index (Phi) is 3.68. The summed E-state index contributed by atoms with van der Waals surface area (Å²) in [5, 5.41) is 2.89. The van der Waals surface area contributed by atoms with E-state index in [0.717, 1.165) is 5.56 Å². The number of rotatable bonds is 2. The topological polar surface area (TPSA) is 29.1 Å². The molecule has 0 bridgehead atoms. The molecule has 0 saturated carbocycles. The number of hydrogen-bond acceptors (Lipinski definition) is 1. The van der Waals surface area contributed by atoms with E-state index in [-0.39, 0.29) is 17.8 Å². The molecule has 2 nitrogen and oxygen atoms in total. The molecule has 16 heavy (non-hydrogen) atoms. The minimum absolute atomic E-state index is 0.00988. The molecule has 0 aliphatic heterocycles. The van der Waals surface area contributed by atoms with Crippen LogP contribution < -0.4 is 5.32 Å². The van der Waals surface area contributed by atoms with Crippen LogP contribution in [0.4, 0.5) is 4.39 Å². The van der Waals surface area contributed by atoms with Crippen molar-refractivity contribution in [2.24, 2.45) is 5.41 Å². The Labute approximate surface area is 95.9 Å². The molecule has 0 radical (unpaired) electrons. The Bertz CT molecular complexity index is 365. The van der Waals surface area contributed by atoms with Gasteiger partial charge < -0.3 is 5.32 Å². The van der Waals surface area contributed by atoms with Gasteiger partial charge in [0.2, 0.25) is 5.91 Å². The van der Waals surface area contributed by atoms with E-state index in [1.165, 1.54) is 12.1 Å². The highest BCUT2D eigenvalue weighted by Gasteiger charge is 2.22. The molecule has 0 aliphatic rings. The van der Waals surface area contributed by atoms with Crippen LogP contribution in [0.15, 0.2) is 24.3 Å². The van der Waals surface area contributed by atoms with Crippen LogP contribution in [0, 0.1) is 11.2 Å². The van der Waals surface area contributed by atoms with E-state index in [4.69, 9.17) is 0 Å². The summed E-state index contributed by atoms with van der Waals surface area (Å²) in [5.41, 5.74) is 0.493. The maximum Gasteiger partial charge on any atom is 0.225 e. The summed E-state index contributed by atoms with van der Waals surface area (Å²) in [7, 11) is 0. The third kappa shape index (κ3) is 3.33. The number of halogens is 1. The summed E-state index contributed by atoms with van der Waals surface area (Å²) in [4.78, 5) is 11.7. The fraction of sp³-hybridized carbons (Fsp3) is 0.462. The van der Waals surface area contributed by atoms with Gasteiger partial charge in [-0.15, -0.1) is 0 Å². The SMILES string of the molecule is C[C@@H](NC(=O)C(C)(C)C)c1ccc(F)cc1. The molecule has 0 fully saturated rings. The first kappa shape index (κ1) is 12.7. The third-order valence-corrected chi connectivity index (χ3v) is 2.40. The normalized spacial score (nSPS) is 13.3. The summed E-state index contributed by atoms with van der Waals surface area (Å²) < 4.78 is 12.7. The van der Waals surface area contributed by atoms with Crippen molar-refractivity contribution in [3.05, 3.63) is 35.6 Å². The van der Waals surface area contributed by atoms with E-state index in [2.05, 4.69) is 5.32 Å². The summed E-state index contributed by atoms with van der Waals surface area (Å²) in [5.74, 6) is -0.276. The molecule has 1 amide bonds. The van der Waals surface area contributed by atoms with Crippen LogP contribution >= 0.6 is 0 Å². The van der Waals surface area contributed by atoms with Gasteiger partial charge in [0, 0.05) is 5.41 Å². The van der Waals surface area contributed by atoms with Crippen molar-refractivity contribution < 1.29 is 9.18 Å². The van der Waals surface area contributed by atoms with Crippen LogP contribution in [0.2, 0.25) is 0 Å². The molecular weight excluding hydrogens is 205 g/mol. The van der Waals surface area contributed by atoms with Gasteiger partial charge in [-0.25, -0.2) is 4.39 Å². The van der Waals surface area contributed by atoms with Crippen molar-refractivity contribution in [2.45, 2.75) is 33.7 Å². The van der Waals surface area contributed by atoms with Gasteiger partial charge in [-0.3, -0.25) is 4.79 Å². The highest BCUT2D eigenvalue weighted by Crippen LogP contribution is 2.18. The van der Waals surface area contributed by atoms with Crippen molar-refractivity contribution in [3.8, 4) is 0 Å². The molecule has 0 spiro atoms. The fourth-order valence-electron chi connectivity index (χ4n) is 1.25. The molecule has 0 aromatic heterocycles. The van der Waals surface area contributed by atoms with Gasteiger partial charge in [0.1, 0.15) is 5.82 Å². The molecule has 0 heterocycles. The predicted octanol–water partition coefficient (Wildman–Crippen LogP) is 3.05. The zero-order valence-electron chi connectivity index (χ0n) is 10.2. The first-order valence-corrected chi connectivity index (χ1v) is 5.37. The van der Waals surface area contributed by atoms with Crippen LogP contribution in [0.25, 0.3) is 0 Å². The van der Waals surface area contributed by atoms with E-state index in [1.54, 1.807) is 12.1 Å². The summed E-state index contributed by atoms with van der Waals surface area (Å²) in [6.45, 7) is 7.47. The van der Waals surface area contributed by atoms with Crippen LogP contribution in [0.1, 0.15) is 39.3 Å². The summed E-state index contributed by atoms with van der Waals surface area (Å²) in [6, 6.07) is 6.06. The second-order valence-corrected chi connectivity index (χ2v) is 5.00. The van der Waals surface area contributed by atoms with E-state index in [1.807, 2.05) is 27.7 Å². The standard InChI is InChI=1S/C13H18FNO/c1-9(15-12(16)13(2,3)4)10-5-7-11(14)8-6-10/h5-9H,1-4H3,(H,15,16)/t9-/m1/s1. The number of carbonyl (C=O) groups excluding carboxylic acids is 1. The quantitative estimate of drug-likeness (QED) is 0.820. The maximum absolute atomic E-state index is 12.7. The van der Waals surface area contributed by atoms with Gasteiger partial charge in [-0.2, -0.15) is 0 Å². The molecule has 1 atom stereocenters. The summed E-state index contributed by atoms with van der Waals surface area (Å²) in [6.07, 6.45) is 0. The van der Waals surface area contributed by atoms with Crippen molar-refractivity contribution in [2.75, 3.05) is 0 Å². The zero-order valence-corrected chi connectivity index (χ0v) is 10.2. The van der Waals surface area contributed by atoms with Gasteiger partial charge in [0.15, 0.2) is 0 Å². The van der Waals surface area contributed by atoms with Crippen LogP contribution in [-0.2, 0) is 4.79 Å². The van der Waals surface area contributed by atoms with Crippen LogP contribution in [0.5, 0.6) is 0 Å². The molecular formula is C13H18FNO. The Morgan fingerprint density at radius 1 is 1.25 bits per heavy atom. The Balaban J connectivity index is 2.69. The van der Waals surface area contributed by atoms with Gasteiger partial charge in [-0.1, -0.05) is 32.9 Å². The number of nitrogens with one attached hydrogen (secondary N) is 1. The van der Waals surface area contributed by atoms with Crippen molar-refractivity contribution in [1.82, 2.24) is 5.32 Å². The predicted molar refractivity (Wildman–Crippen MR) is 62.4 cm³/mol. The van der Waals surface area contributed by atoms with E-state index >= 15 is 0 Å². The lowest BCUT2D eigenvalue weighted by atomic mass is 9.95. The second kappa shape index (κ2) is 4.64. The average Bonchev–Trinajstić information content (AvgIpc) is 2.17. The van der Waals surface area contributed by atoms with Crippen molar-refractivity contribution in [1.29, 1.82) is 0 Å². The third-order valence-electron chi connectivity index (χ3n) is 2.40. The lowest BCUT2D eigenvalue weighted by Gasteiger charge is -2.22. The molecule has 1 aromatic rings. The Morgan fingerprint density at radius 2 is 1.75 bits per heavy atom. The number of carbonyl (C=O) groups is 1. The molecule has 3 heteroatoms. The Hall–Kier alpha value is -1.38. The lowest BCUT2D eigenvalue weighted by molar-refractivity contribution is -0.129. The van der Waals surface area contributed by atoms with Gasteiger partial charge in [0.05, 0.1) is 6.04 Å². The van der Waals surface area contributed by atoms with E-state index in [0.29, 0.717) is 0 Å². The number of amides is 1. The first-order valence-electron chi connectivity index (χ1n) is 5.37. The number of hydrogen-bond donors (Lipinski definition) is 1. The highest BCUT2D eigenvalue weighted by atomic mass is 19.1. The molecule has 0 saturated heterocycles. The minimum Gasteiger partial charge on any atom is -0.349 e. The first-order chi connectivity index (χ1) is 7.30. The summed E-state index contributed by atoms with van der Waals surface area (Å²) >= 11 is 0. The monoisotopic (exact) mass is 223 g/mol. The largest absolute Gasteiger partial charge is 0.349 e. The van der Waals surface area contributed by atoms with Crippen LogP contribution in [-0.4, -0.2) is 5.91 Å². The highest BCUT2D eigenvalue weighted by molar-refractivity contribution is 5.81. The van der Waals surface area contributed by atoms with Gasteiger partial charge in [-0.05, 0) is 24.6 Å². The lowest BCUT2D eigenvalue weighted by Crippen LogP contribution is -2.36. The molecule has 1 rings (SSSR count). The Morgan fingerprint density at radius 3 is 2.19 bits per heavy atom. The van der Waals surface area contributed by atoms with E-state index < -0.39 is 5.41 Å². The van der Waals surface area contributed by atoms with E-state index in [9.17, 15) is 9.18 Å². The van der Waals surface area contributed by atoms with Crippen LogP contribution in [0.3, 0.4) is 0 Å². The molecule has 1 aromatic carbocycles. The minimum atomic E-state index is -0.408. The van der Waals surface area contributed by atoms with Crippen molar-refractivity contribution >= 4 is 5.91 Å². The zero-order chi connectivity index (χ0) is 12.3. The number of benzene rings is 1. The maximum atomic E-state index is 12.7. The van der Waals surface area contributed by atoms with Gasteiger partial charge >= 0.3 is 0 Å². The molecule has 0 aliphatic carbocycles. The second-order valence-electron chi connectivity index (χ2n) is 5.00. The molecule has 0 unspecified atom stereocenters. The smallest absolute Gasteiger partial charge is 0.225 e. The fourth-order valence-corrected chi connectivity index (χ4v) is 1.25.